The molecule has 0 aliphatic heterocycles. The van der Waals surface area contributed by atoms with Gasteiger partial charge in [0.1, 0.15) is 29.6 Å². The molecule has 0 saturated heterocycles. The van der Waals surface area contributed by atoms with Crippen LogP contribution >= 0.6 is 34.8 Å². The summed E-state index contributed by atoms with van der Waals surface area (Å²) in [5, 5.41) is 16.2. The van der Waals surface area contributed by atoms with Crippen LogP contribution in [0.25, 0.3) is 11.3 Å². The Bertz CT molecular complexity index is 1530. The van der Waals surface area contributed by atoms with Gasteiger partial charge in [-0.25, -0.2) is 9.37 Å². The SMILES string of the molecule is COc1ncccc1C1CC(O)(c2ccc(OCc3c(-c4c(Cl)cc(F)cc4Cl)noc3C3CC3)cc2Cl)C1. The molecule has 0 atom stereocenters. The van der Waals surface area contributed by atoms with Gasteiger partial charge in [0.05, 0.1) is 33.3 Å². The molecule has 2 aliphatic carbocycles. The minimum absolute atomic E-state index is 0.114. The molecule has 0 amide bonds. The molecule has 6 nitrogen and oxygen atoms in total. The molecule has 202 valence electrons. The van der Waals surface area contributed by atoms with Crippen molar-refractivity contribution in [3.05, 3.63) is 92.0 Å². The Morgan fingerprint density at radius 3 is 2.46 bits per heavy atom. The Labute approximate surface area is 239 Å². The van der Waals surface area contributed by atoms with Gasteiger partial charge >= 0.3 is 0 Å². The molecule has 6 rings (SSSR count). The fraction of sp³-hybridized carbons (Fsp3) is 0.310. The molecule has 0 bridgehead atoms. The van der Waals surface area contributed by atoms with Crippen LogP contribution in [0.4, 0.5) is 4.39 Å². The number of halogens is 4. The Balaban J connectivity index is 1.21. The second-order valence-corrected chi connectivity index (χ2v) is 11.3. The van der Waals surface area contributed by atoms with E-state index in [9.17, 15) is 9.50 Å². The minimum Gasteiger partial charge on any atom is -0.489 e. The maximum absolute atomic E-state index is 13.8. The van der Waals surface area contributed by atoms with E-state index in [1.165, 1.54) is 12.1 Å². The summed E-state index contributed by atoms with van der Waals surface area (Å²) in [7, 11) is 1.59. The van der Waals surface area contributed by atoms with Crippen molar-refractivity contribution >= 4 is 34.8 Å². The summed E-state index contributed by atoms with van der Waals surface area (Å²) in [6.45, 7) is 0.123. The number of rotatable bonds is 8. The van der Waals surface area contributed by atoms with Crippen molar-refractivity contribution in [2.45, 2.75) is 49.7 Å². The number of aromatic nitrogens is 2. The third-order valence-electron chi connectivity index (χ3n) is 7.44. The maximum atomic E-state index is 13.8. The second-order valence-electron chi connectivity index (χ2n) is 10.1. The third-order valence-corrected chi connectivity index (χ3v) is 8.35. The van der Waals surface area contributed by atoms with E-state index in [0.717, 1.165) is 18.4 Å². The molecule has 1 N–H and O–H groups in total. The maximum Gasteiger partial charge on any atom is 0.216 e. The fourth-order valence-corrected chi connectivity index (χ4v) is 6.28. The quantitative estimate of drug-likeness (QED) is 0.224. The summed E-state index contributed by atoms with van der Waals surface area (Å²) in [4.78, 5) is 4.26. The van der Waals surface area contributed by atoms with Crippen LogP contribution in [0.3, 0.4) is 0 Å². The van der Waals surface area contributed by atoms with Crippen LogP contribution in [0.1, 0.15) is 60.0 Å². The van der Waals surface area contributed by atoms with E-state index in [-0.39, 0.29) is 28.5 Å². The molecule has 39 heavy (non-hydrogen) atoms. The lowest BCUT2D eigenvalue weighted by atomic mass is 9.65. The Hall–Kier alpha value is -2.84. The zero-order valence-corrected chi connectivity index (χ0v) is 23.2. The Morgan fingerprint density at radius 2 is 1.79 bits per heavy atom. The van der Waals surface area contributed by atoms with Crippen LogP contribution < -0.4 is 9.47 Å². The molecule has 2 aromatic heterocycles. The fourth-order valence-electron chi connectivity index (χ4n) is 5.29. The summed E-state index contributed by atoms with van der Waals surface area (Å²) < 4.78 is 30.9. The van der Waals surface area contributed by atoms with E-state index in [4.69, 9.17) is 48.8 Å². The molecule has 2 aliphatic rings. The zero-order chi connectivity index (χ0) is 27.3. The van der Waals surface area contributed by atoms with Crippen LogP contribution in [0.15, 0.2) is 53.2 Å². The van der Waals surface area contributed by atoms with Crippen molar-refractivity contribution in [2.24, 2.45) is 0 Å². The van der Waals surface area contributed by atoms with Gasteiger partial charge in [-0.15, -0.1) is 0 Å². The highest BCUT2D eigenvalue weighted by Crippen LogP contribution is 2.54. The van der Waals surface area contributed by atoms with Crippen molar-refractivity contribution in [3.8, 4) is 22.9 Å². The lowest BCUT2D eigenvalue weighted by molar-refractivity contribution is -0.0554. The lowest BCUT2D eigenvalue weighted by Crippen LogP contribution is -2.40. The van der Waals surface area contributed by atoms with Crippen LogP contribution in [-0.4, -0.2) is 22.4 Å². The van der Waals surface area contributed by atoms with Crippen LogP contribution in [0.2, 0.25) is 15.1 Å². The van der Waals surface area contributed by atoms with E-state index < -0.39 is 11.4 Å². The molecular weight excluding hydrogens is 566 g/mol. The highest BCUT2D eigenvalue weighted by Gasteiger charge is 2.46. The molecular formula is C29H24Cl3FN2O4. The first-order valence-electron chi connectivity index (χ1n) is 12.5. The predicted octanol–water partition coefficient (Wildman–Crippen LogP) is 8.07. The van der Waals surface area contributed by atoms with E-state index in [1.807, 2.05) is 12.1 Å². The summed E-state index contributed by atoms with van der Waals surface area (Å²) in [6.07, 6.45) is 4.66. The van der Waals surface area contributed by atoms with Crippen molar-refractivity contribution in [1.29, 1.82) is 0 Å². The van der Waals surface area contributed by atoms with E-state index in [2.05, 4.69) is 10.1 Å². The predicted molar refractivity (Wildman–Crippen MR) is 146 cm³/mol. The van der Waals surface area contributed by atoms with E-state index in [1.54, 1.807) is 31.5 Å². The van der Waals surface area contributed by atoms with Gasteiger partial charge in [-0.2, -0.15) is 0 Å². The number of hydrogen-bond acceptors (Lipinski definition) is 6. The molecule has 2 fully saturated rings. The largest absolute Gasteiger partial charge is 0.489 e. The standard InChI is InChI=1S/C29H24Cl3FN2O4/c1-37-28-19(3-2-8-34-28)16-12-29(36,13-16)21-7-6-18(11-22(21)30)38-14-20-26(35-39-27(20)15-4-5-15)25-23(31)9-17(33)10-24(25)32/h2-3,6-11,15-16,36H,4-5,12-14H2,1H3. The van der Waals surface area contributed by atoms with Crippen molar-refractivity contribution in [1.82, 2.24) is 10.1 Å². The van der Waals surface area contributed by atoms with Gasteiger partial charge in [0, 0.05) is 28.8 Å². The highest BCUT2D eigenvalue weighted by atomic mass is 35.5. The Kier molecular flexibility index (Phi) is 6.96. The number of nitrogens with zero attached hydrogens (tertiary/aromatic N) is 2. The average molecular weight is 590 g/mol. The normalized spacial score (nSPS) is 20.5. The molecule has 2 aromatic carbocycles. The molecule has 0 radical (unpaired) electrons. The smallest absolute Gasteiger partial charge is 0.216 e. The van der Waals surface area contributed by atoms with Crippen molar-refractivity contribution in [3.63, 3.8) is 0 Å². The first-order valence-corrected chi connectivity index (χ1v) is 13.7. The van der Waals surface area contributed by atoms with E-state index in [0.29, 0.717) is 57.6 Å². The van der Waals surface area contributed by atoms with Gasteiger partial charge in [-0.3, -0.25) is 0 Å². The van der Waals surface area contributed by atoms with Gasteiger partial charge in [0.2, 0.25) is 5.88 Å². The van der Waals surface area contributed by atoms with Crippen molar-refractivity contribution in [2.75, 3.05) is 7.11 Å². The number of ether oxygens (including phenoxy) is 2. The third kappa shape index (κ3) is 4.97. The summed E-state index contributed by atoms with van der Waals surface area (Å²) in [5.74, 6) is 1.62. The molecule has 2 heterocycles. The van der Waals surface area contributed by atoms with Crippen LogP contribution in [0.5, 0.6) is 11.6 Å². The second kappa shape index (κ2) is 10.3. The minimum atomic E-state index is -1.06. The van der Waals surface area contributed by atoms with Crippen LogP contribution in [-0.2, 0) is 12.2 Å². The van der Waals surface area contributed by atoms with Gasteiger partial charge in [0.25, 0.3) is 0 Å². The van der Waals surface area contributed by atoms with Crippen molar-refractivity contribution < 1.29 is 23.5 Å². The molecule has 2 saturated carbocycles. The number of aliphatic hydroxyl groups is 1. The zero-order valence-electron chi connectivity index (χ0n) is 20.9. The molecule has 4 aromatic rings. The van der Waals surface area contributed by atoms with Gasteiger partial charge < -0.3 is 19.1 Å². The van der Waals surface area contributed by atoms with Gasteiger partial charge in [-0.1, -0.05) is 52.1 Å². The number of benzene rings is 2. The lowest BCUT2D eigenvalue weighted by Gasteiger charge is -2.44. The van der Waals surface area contributed by atoms with E-state index >= 15 is 0 Å². The average Bonchev–Trinajstić information content (AvgIpc) is 3.65. The molecule has 10 heteroatoms. The number of pyridine rings is 1. The topological polar surface area (TPSA) is 77.6 Å². The van der Waals surface area contributed by atoms with Gasteiger partial charge in [-0.05, 0) is 61.9 Å². The van der Waals surface area contributed by atoms with Gasteiger partial charge in [0.15, 0.2) is 0 Å². The molecule has 0 unspecified atom stereocenters. The summed E-state index contributed by atoms with van der Waals surface area (Å²) in [6, 6.07) is 11.5. The Morgan fingerprint density at radius 1 is 1.05 bits per heavy atom. The first kappa shape index (κ1) is 26.4. The number of methoxy groups -OCH3 is 1. The monoisotopic (exact) mass is 588 g/mol. The first-order chi connectivity index (χ1) is 18.8. The van der Waals surface area contributed by atoms with Crippen LogP contribution in [0, 0.1) is 5.82 Å². The number of hydrogen-bond donors (Lipinski definition) is 1. The summed E-state index contributed by atoms with van der Waals surface area (Å²) in [5.41, 5.74) is 2.09. The molecule has 0 spiro atoms. The summed E-state index contributed by atoms with van der Waals surface area (Å²) >= 11 is 19.3. The highest BCUT2D eigenvalue weighted by molar-refractivity contribution is 6.39.